The van der Waals surface area contributed by atoms with E-state index in [1.54, 1.807) is 0 Å². The molecule has 3 fully saturated rings. The van der Waals surface area contributed by atoms with E-state index in [0.717, 1.165) is 70.4 Å². The average molecular weight is 472 g/mol. The second-order valence-corrected chi connectivity index (χ2v) is 11.9. The van der Waals surface area contributed by atoms with Gasteiger partial charge in [-0.1, -0.05) is 6.07 Å². The number of carbonyl (C=O) groups is 1. The normalized spacial score (nSPS) is 31.0. The van der Waals surface area contributed by atoms with Gasteiger partial charge in [-0.3, -0.25) is 4.79 Å². The number of likely N-dealkylation sites (tertiary alicyclic amines) is 1. The summed E-state index contributed by atoms with van der Waals surface area (Å²) in [6.07, 6.45) is 9.32. The van der Waals surface area contributed by atoms with Crippen LogP contribution in [0.2, 0.25) is 0 Å². The zero-order chi connectivity index (χ0) is 24.0. The van der Waals surface area contributed by atoms with Crippen molar-refractivity contribution in [1.82, 2.24) is 4.90 Å². The predicted molar refractivity (Wildman–Crippen MR) is 130 cm³/mol. The van der Waals surface area contributed by atoms with Crippen LogP contribution in [0.15, 0.2) is 18.2 Å². The first kappa shape index (κ1) is 24.1. The summed E-state index contributed by atoms with van der Waals surface area (Å²) >= 11 is 0. The Morgan fingerprint density at radius 2 is 1.91 bits per heavy atom. The van der Waals surface area contributed by atoms with Gasteiger partial charge in [0.05, 0.1) is 30.0 Å². The molecule has 3 heterocycles. The molecule has 0 unspecified atom stereocenters. The summed E-state index contributed by atoms with van der Waals surface area (Å²) in [6.45, 7) is 8.13. The maximum Gasteiger partial charge on any atom is 0.260 e. The Hall–Kier alpha value is -1.63. The number of hydrogen-bond acceptors (Lipinski definition) is 5. The molecule has 5 rings (SSSR count). The third-order valence-corrected chi connectivity index (χ3v) is 8.85. The third kappa shape index (κ3) is 4.87. The molecular weight excluding hydrogens is 430 g/mol. The number of rotatable bonds is 5. The molecule has 1 spiro atoms. The van der Waals surface area contributed by atoms with Gasteiger partial charge in [-0.15, -0.1) is 0 Å². The van der Waals surface area contributed by atoms with Crippen molar-refractivity contribution in [3.05, 3.63) is 29.3 Å². The predicted octanol–water partition coefficient (Wildman–Crippen LogP) is 4.05. The summed E-state index contributed by atoms with van der Waals surface area (Å²) in [5.41, 5.74) is 1.75. The highest BCUT2D eigenvalue weighted by molar-refractivity contribution is 5.77. The van der Waals surface area contributed by atoms with E-state index in [4.69, 9.17) is 14.2 Å². The van der Waals surface area contributed by atoms with E-state index in [9.17, 15) is 9.90 Å². The summed E-state index contributed by atoms with van der Waals surface area (Å²) in [6, 6.07) is 6.29. The van der Waals surface area contributed by atoms with E-state index in [1.807, 2.05) is 24.8 Å². The van der Waals surface area contributed by atoms with Crippen molar-refractivity contribution in [3.8, 4) is 5.75 Å². The minimum absolute atomic E-state index is 0.0504. The molecule has 0 bridgehead atoms. The van der Waals surface area contributed by atoms with Crippen LogP contribution in [-0.4, -0.2) is 65.6 Å². The highest BCUT2D eigenvalue weighted by atomic mass is 16.6. The van der Waals surface area contributed by atoms with Crippen LogP contribution in [-0.2, 0) is 27.1 Å². The number of hydrogen-bond donors (Lipinski definition) is 1. The fourth-order valence-electron chi connectivity index (χ4n) is 6.39. The molecular formula is C28H41NO5. The Bertz CT molecular complexity index is 901. The minimum Gasteiger partial charge on any atom is -0.484 e. The zero-order valence-corrected chi connectivity index (χ0v) is 21.1. The minimum atomic E-state index is -0.832. The van der Waals surface area contributed by atoms with Crippen molar-refractivity contribution in [1.29, 1.82) is 0 Å². The number of amides is 1. The molecule has 34 heavy (non-hydrogen) atoms. The summed E-state index contributed by atoms with van der Waals surface area (Å²) in [7, 11) is 0. The SMILES string of the molecule is CC(C)(O)[C@@H]1CC[C@](C)([C@@H]2CC3(CCN(C(=O)COc4ccc5c(c4)CCCC5)CC3)CO2)O1. The first-order valence-corrected chi connectivity index (χ1v) is 13.2. The highest BCUT2D eigenvalue weighted by Gasteiger charge is 2.53. The standard InChI is InChI=1S/C28H41NO5/c1-26(2,31)23-10-11-27(3,34-23)24-17-28(19-33-24)12-14-29(15-13-28)25(30)18-32-22-9-8-20-6-4-5-7-21(20)16-22/h8-9,16,23-24,31H,4-7,10-15,17-19H2,1-3H3/t23-,24-,27+/m0/s1. The van der Waals surface area contributed by atoms with E-state index in [-0.39, 0.29) is 35.7 Å². The van der Waals surface area contributed by atoms with Gasteiger partial charge in [-0.05, 0) is 107 Å². The summed E-state index contributed by atoms with van der Waals surface area (Å²) < 4.78 is 18.5. The van der Waals surface area contributed by atoms with Gasteiger partial charge >= 0.3 is 0 Å². The fourth-order valence-corrected chi connectivity index (χ4v) is 6.39. The van der Waals surface area contributed by atoms with E-state index in [2.05, 4.69) is 19.1 Å². The van der Waals surface area contributed by atoms with Crippen LogP contribution in [0.3, 0.4) is 0 Å². The molecule has 3 saturated heterocycles. The maximum absolute atomic E-state index is 12.8. The third-order valence-electron chi connectivity index (χ3n) is 8.85. The van der Waals surface area contributed by atoms with Crippen LogP contribution in [0.1, 0.15) is 76.8 Å². The van der Waals surface area contributed by atoms with E-state index in [0.29, 0.717) is 0 Å². The molecule has 6 heteroatoms. The fraction of sp³-hybridized carbons (Fsp3) is 0.750. The molecule has 1 N–H and O–H groups in total. The molecule has 1 aromatic carbocycles. The zero-order valence-electron chi connectivity index (χ0n) is 21.1. The lowest BCUT2D eigenvalue weighted by molar-refractivity contribution is -0.155. The van der Waals surface area contributed by atoms with Gasteiger partial charge in [0.1, 0.15) is 5.75 Å². The summed E-state index contributed by atoms with van der Waals surface area (Å²) in [5, 5.41) is 10.4. The molecule has 4 aliphatic rings. The van der Waals surface area contributed by atoms with Crippen molar-refractivity contribution < 1.29 is 24.1 Å². The van der Waals surface area contributed by atoms with E-state index >= 15 is 0 Å². The molecule has 0 aromatic heterocycles. The molecule has 0 radical (unpaired) electrons. The van der Waals surface area contributed by atoms with Crippen molar-refractivity contribution in [2.45, 2.75) is 102 Å². The summed E-state index contributed by atoms with van der Waals surface area (Å²) in [4.78, 5) is 14.8. The van der Waals surface area contributed by atoms with E-state index in [1.165, 1.54) is 24.0 Å². The lowest BCUT2D eigenvalue weighted by Gasteiger charge is -2.39. The number of nitrogens with zero attached hydrogens (tertiary/aromatic N) is 1. The Kier molecular flexibility index (Phi) is 6.45. The van der Waals surface area contributed by atoms with Crippen molar-refractivity contribution >= 4 is 5.91 Å². The number of aryl methyl sites for hydroxylation is 2. The molecule has 1 aromatic rings. The van der Waals surface area contributed by atoms with Crippen LogP contribution in [0.4, 0.5) is 0 Å². The van der Waals surface area contributed by atoms with Crippen molar-refractivity contribution in [2.24, 2.45) is 5.41 Å². The van der Waals surface area contributed by atoms with Crippen LogP contribution in [0.25, 0.3) is 0 Å². The van der Waals surface area contributed by atoms with Crippen LogP contribution in [0.5, 0.6) is 5.75 Å². The summed E-state index contributed by atoms with van der Waals surface area (Å²) in [5.74, 6) is 0.880. The van der Waals surface area contributed by atoms with Gasteiger partial charge in [0.2, 0.25) is 0 Å². The van der Waals surface area contributed by atoms with Gasteiger partial charge in [0.15, 0.2) is 6.61 Å². The molecule has 3 aliphatic heterocycles. The lowest BCUT2D eigenvalue weighted by atomic mass is 9.74. The number of ether oxygens (including phenoxy) is 3. The van der Waals surface area contributed by atoms with E-state index < -0.39 is 5.60 Å². The molecule has 3 atom stereocenters. The smallest absolute Gasteiger partial charge is 0.260 e. The number of benzene rings is 1. The van der Waals surface area contributed by atoms with Gasteiger partial charge < -0.3 is 24.2 Å². The quantitative estimate of drug-likeness (QED) is 0.702. The second kappa shape index (κ2) is 9.11. The Morgan fingerprint density at radius 1 is 1.18 bits per heavy atom. The largest absolute Gasteiger partial charge is 0.484 e. The Balaban J connectivity index is 1.11. The topological polar surface area (TPSA) is 68.2 Å². The first-order chi connectivity index (χ1) is 16.2. The molecule has 1 aliphatic carbocycles. The molecule has 1 amide bonds. The lowest BCUT2D eigenvalue weighted by Crippen LogP contribution is -2.46. The van der Waals surface area contributed by atoms with Crippen LogP contribution in [0, 0.1) is 5.41 Å². The first-order valence-electron chi connectivity index (χ1n) is 13.2. The molecule has 6 nitrogen and oxygen atoms in total. The number of carbonyl (C=O) groups excluding carboxylic acids is 1. The molecule has 188 valence electrons. The van der Waals surface area contributed by atoms with Crippen LogP contribution < -0.4 is 4.74 Å². The highest BCUT2D eigenvalue weighted by Crippen LogP contribution is 2.49. The van der Waals surface area contributed by atoms with Gasteiger partial charge in [-0.2, -0.15) is 0 Å². The van der Waals surface area contributed by atoms with Crippen molar-refractivity contribution in [2.75, 3.05) is 26.3 Å². The molecule has 0 saturated carbocycles. The van der Waals surface area contributed by atoms with Crippen LogP contribution >= 0.6 is 0 Å². The Morgan fingerprint density at radius 3 is 2.62 bits per heavy atom. The van der Waals surface area contributed by atoms with Gasteiger partial charge in [0.25, 0.3) is 5.91 Å². The Labute approximate surface area is 203 Å². The second-order valence-electron chi connectivity index (χ2n) is 11.9. The number of aliphatic hydroxyl groups is 1. The van der Waals surface area contributed by atoms with Crippen molar-refractivity contribution in [3.63, 3.8) is 0 Å². The number of piperidine rings is 1. The monoisotopic (exact) mass is 471 g/mol. The van der Waals surface area contributed by atoms with Gasteiger partial charge in [0, 0.05) is 13.1 Å². The maximum atomic E-state index is 12.8. The average Bonchev–Trinajstić information content (AvgIpc) is 3.43. The number of fused-ring (bicyclic) bond motifs is 1. The van der Waals surface area contributed by atoms with Gasteiger partial charge in [-0.25, -0.2) is 0 Å².